The second kappa shape index (κ2) is 11.2. The molecule has 0 saturated heterocycles. The molecule has 0 unspecified atom stereocenters. The fourth-order valence-electron chi connectivity index (χ4n) is 3.16. The van der Waals surface area contributed by atoms with Crippen LogP contribution in [0.4, 0.5) is 4.39 Å². The first-order chi connectivity index (χ1) is 12.8. The third-order valence-electron chi connectivity index (χ3n) is 4.54. The molecule has 0 radical (unpaired) electrons. The number of hydrogen-bond donors (Lipinski definition) is 2. The first-order valence-electron chi connectivity index (χ1n) is 9.44. The number of benzene rings is 1. The lowest BCUT2D eigenvalue weighted by molar-refractivity contribution is 0.600. The van der Waals surface area contributed by atoms with Crippen LogP contribution in [0.3, 0.4) is 0 Å². The van der Waals surface area contributed by atoms with E-state index in [4.69, 9.17) is 0 Å². The van der Waals surface area contributed by atoms with Crippen LogP contribution < -0.4 is 10.6 Å². The summed E-state index contributed by atoms with van der Waals surface area (Å²) in [5, 5.41) is 15.2. The molecule has 3 rings (SSSR count). The minimum absolute atomic E-state index is 0. The zero-order valence-corrected chi connectivity index (χ0v) is 18.1. The number of aryl methyl sites for hydroxylation is 1. The number of halogens is 2. The van der Waals surface area contributed by atoms with Crippen molar-refractivity contribution < 1.29 is 4.39 Å². The maximum Gasteiger partial charge on any atom is 0.191 e. The number of hydrogen-bond acceptors (Lipinski definition) is 3. The van der Waals surface area contributed by atoms with Crippen molar-refractivity contribution in [2.45, 2.75) is 52.1 Å². The van der Waals surface area contributed by atoms with E-state index in [1.807, 2.05) is 13.0 Å². The van der Waals surface area contributed by atoms with Gasteiger partial charge in [0.1, 0.15) is 17.5 Å². The first-order valence-corrected chi connectivity index (χ1v) is 9.44. The smallest absolute Gasteiger partial charge is 0.191 e. The molecule has 6 nitrogen and oxygen atoms in total. The Hall–Kier alpha value is -1.71. The average molecular weight is 486 g/mol. The predicted octanol–water partition coefficient (Wildman–Crippen LogP) is 3.06. The molecule has 0 amide bonds. The van der Waals surface area contributed by atoms with Crippen LogP contribution in [-0.4, -0.2) is 33.8 Å². The summed E-state index contributed by atoms with van der Waals surface area (Å²) in [6, 6.07) is 6.73. The van der Waals surface area contributed by atoms with Crippen molar-refractivity contribution >= 4 is 29.9 Å². The maximum atomic E-state index is 13.7. The summed E-state index contributed by atoms with van der Waals surface area (Å²) in [7, 11) is 0. The Balaban J connectivity index is 0.00000261. The first kappa shape index (κ1) is 21.6. The zero-order valence-electron chi connectivity index (χ0n) is 15.7. The van der Waals surface area contributed by atoms with E-state index >= 15 is 0 Å². The van der Waals surface area contributed by atoms with Crippen LogP contribution in [0.2, 0.25) is 0 Å². The Morgan fingerprint density at radius 3 is 2.85 bits per heavy atom. The minimum atomic E-state index is -0.224. The van der Waals surface area contributed by atoms with E-state index in [1.165, 1.54) is 25.3 Å². The van der Waals surface area contributed by atoms with Crippen LogP contribution in [0.5, 0.6) is 0 Å². The summed E-state index contributed by atoms with van der Waals surface area (Å²) >= 11 is 0. The molecule has 1 aliphatic heterocycles. The van der Waals surface area contributed by atoms with Crippen molar-refractivity contribution in [1.29, 1.82) is 0 Å². The van der Waals surface area contributed by atoms with E-state index < -0.39 is 0 Å². The Bertz CT molecular complexity index is 746. The van der Waals surface area contributed by atoms with E-state index in [0.717, 1.165) is 37.6 Å². The van der Waals surface area contributed by atoms with Gasteiger partial charge in [-0.3, -0.25) is 0 Å². The minimum Gasteiger partial charge on any atom is -0.357 e. The number of rotatable bonds is 6. The van der Waals surface area contributed by atoms with Gasteiger partial charge in [0, 0.05) is 38.0 Å². The summed E-state index contributed by atoms with van der Waals surface area (Å²) < 4.78 is 16.0. The van der Waals surface area contributed by atoms with Crippen LogP contribution in [0.1, 0.15) is 43.4 Å². The lowest BCUT2D eigenvalue weighted by Gasteiger charge is -2.12. The zero-order chi connectivity index (χ0) is 18.2. The summed E-state index contributed by atoms with van der Waals surface area (Å²) in [6.07, 6.45) is 5.46. The Morgan fingerprint density at radius 2 is 2.04 bits per heavy atom. The van der Waals surface area contributed by atoms with E-state index in [1.54, 1.807) is 12.1 Å². The topological polar surface area (TPSA) is 67.1 Å². The summed E-state index contributed by atoms with van der Waals surface area (Å²) in [5.41, 5.74) is 0.590. The molecule has 0 aliphatic carbocycles. The number of guanidine groups is 1. The summed E-state index contributed by atoms with van der Waals surface area (Å²) in [4.78, 5) is 4.48. The standard InChI is InChI=1S/C19H27FN6.HI/c1-2-21-19(23-14-15-8-5-6-9-16(15)20)22-12-11-18-25-24-17-10-4-3-7-13-26(17)18;/h5-6,8-9H,2-4,7,10-14H2,1H3,(H2,21,22,23);1H. The summed E-state index contributed by atoms with van der Waals surface area (Å²) in [5.74, 6) is 2.60. The molecule has 148 valence electrons. The van der Waals surface area contributed by atoms with E-state index in [2.05, 4.69) is 30.4 Å². The van der Waals surface area contributed by atoms with Crippen LogP contribution >= 0.6 is 24.0 Å². The Morgan fingerprint density at radius 1 is 1.19 bits per heavy atom. The molecule has 2 aromatic rings. The van der Waals surface area contributed by atoms with Crippen molar-refractivity contribution in [3.05, 3.63) is 47.3 Å². The Labute approximate surface area is 177 Å². The molecular formula is C19H28FIN6. The molecule has 0 atom stereocenters. The highest BCUT2D eigenvalue weighted by Gasteiger charge is 2.14. The van der Waals surface area contributed by atoms with Gasteiger partial charge in [0.2, 0.25) is 0 Å². The third kappa shape index (κ3) is 6.15. The highest BCUT2D eigenvalue weighted by Crippen LogP contribution is 2.14. The van der Waals surface area contributed by atoms with Gasteiger partial charge in [0.25, 0.3) is 0 Å². The number of nitrogens with one attached hydrogen (secondary N) is 2. The Kier molecular flexibility index (Phi) is 8.96. The molecule has 1 aromatic carbocycles. The highest BCUT2D eigenvalue weighted by atomic mass is 127. The normalized spacial score (nSPS) is 14.1. The molecule has 2 N–H and O–H groups in total. The third-order valence-corrected chi connectivity index (χ3v) is 4.54. The largest absolute Gasteiger partial charge is 0.357 e. The van der Waals surface area contributed by atoms with Crippen molar-refractivity contribution in [3.8, 4) is 0 Å². The number of fused-ring (bicyclic) bond motifs is 1. The van der Waals surface area contributed by atoms with Crippen LogP contribution in [0.15, 0.2) is 29.3 Å². The van der Waals surface area contributed by atoms with Gasteiger partial charge in [0.15, 0.2) is 5.96 Å². The fraction of sp³-hybridized carbons (Fsp3) is 0.526. The van der Waals surface area contributed by atoms with Crippen LogP contribution in [0.25, 0.3) is 0 Å². The molecule has 27 heavy (non-hydrogen) atoms. The van der Waals surface area contributed by atoms with E-state index in [0.29, 0.717) is 24.6 Å². The molecule has 8 heteroatoms. The molecule has 0 saturated carbocycles. The SMILES string of the molecule is CCNC(=NCc1ccccc1F)NCCc1nnc2n1CCCCC2.I. The van der Waals surface area contributed by atoms with Gasteiger partial charge in [-0.15, -0.1) is 34.2 Å². The molecule has 1 aliphatic rings. The van der Waals surface area contributed by atoms with Crippen LogP contribution in [0, 0.1) is 5.82 Å². The molecule has 1 aromatic heterocycles. The molecule has 0 spiro atoms. The predicted molar refractivity (Wildman–Crippen MR) is 116 cm³/mol. The van der Waals surface area contributed by atoms with Gasteiger partial charge in [-0.05, 0) is 25.8 Å². The van der Waals surface area contributed by atoms with Crippen molar-refractivity contribution in [2.75, 3.05) is 13.1 Å². The van der Waals surface area contributed by atoms with E-state index in [9.17, 15) is 4.39 Å². The van der Waals surface area contributed by atoms with Gasteiger partial charge >= 0.3 is 0 Å². The number of aliphatic imine (C=N–C) groups is 1. The van der Waals surface area contributed by atoms with Gasteiger partial charge in [-0.25, -0.2) is 9.38 Å². The maximum absolute atomic E-state index is 13.7. The van der Waals surface area contributed by atoms with Gasteiger partial charge in [0.05, 0.1) is 6.54 Å². The average Bonchev–Trinajstić information content (AvgIpc) is 2.87. The lowest BCUT2D eigenvalue weighted by Crippen LogP contribution is -2.38. The molecule has 0 bridgehead atoms. The summed E-state index contributed by atoms with van der Waals surface area (Å²) in [6.45, 7) is 4.80. The molecule has 2 heterocycles. The number of nitrogens with zero attached hydrogens (tertiary/aromatic N) is 4. The van der Waals surface area contributed by atoms with E-state index in [-0.39, 0.29) is 29.8 Å². The van der Waals surface area contributed by atoms with Crippen molar-refractivity contribution in [1.82, 2.24) is 25.4 Å². The molecule has 0 fully saturated rings. The van der Waals surface area contributed by atoms with Gasteiger partial charge < -0.3 is 15.2 Å². The molecular weight excluding hydrogens is 458 g/mol. The number of aromatic nitrogens is 3. The highest BCUT2D eigenvalue weighted by molar-refractivity contribution is 14.0. The fourth-order valence-corrected chi connectivity index (χ4v) is 3.16. The van der Waals surface area contributed by atoms with Gasteiger partial charge in [-0.1, -0.05) is 24.6 Å². The second-order valence-electron chi connectivity index (χ2n) is 6.46. The van der Waals surface area contributed by atoms with Crippen LogP contribution in [-0.2, 0) is 25.9 Å². The van der Waals surface area contributed by atoms with Gasteiger partial charge in [-0.2, -0.15) is 0 Å². The quantitative estimate of drug-likeness (QED) is 0.374. The second-order valence-corrected chi connectivity index (χ2v) is 6.46. The van der Waals surface area contributed by atoms with Crippen molar-refractivity contribution in [3.63, 3.8) is 0 Å². The van der Waals surface area contributed by atoms with Crippen molar-refractivity contribution in [2.24, 2.45) is 4.99 Å². The monoisotopic (exact) mass is 486 g/mol. The lowest BCUT2D eigenvalue weighted by atomic mass is 10.2.